The summed E-state index contributed by atoms with van der Waals surface area (Å²) in [4.78, 5) is 17.1. The number of nitrogens with one attached hydrogen (secondary N) is 1. The van der Waals surface area contributed by atoms with Gasteiger partial charge in [-0.05, 0) is 57.9 Å². The van der Waals surface area contributed by atoms with E-state index in [0.717, 1.165) is 48.4 Å². The maximum atomic E-state index is 12.3. The van der Waals surface area contributed by atoms with Gasteiger partial charge in [-0.2, -0.15) is 0 Å². The molecule has 0 radical (unpaired) electrons. The third-order valence-corrected chi connectivity index (χ3v) is 5.71. The highest BCUT2D eigenvalue weighted by Gasteiger charge is 2.14. The molecule has 172 valence electrons. The van der Waals surface area contributed by atoms with E-state index in [1.807, 2.05) is 55.5 Å². The lowest BCUT2D eigenvalue weighted by atomic mass is 10.0. The number of fused-ring (bicyclic) bond motifs is 3. The Hall–Kier alpha value is -3.19. The lowest BCUT2D eigenvalue weighted by Crippen LogP contribution is -2.08. The van der Waals surface area contributed by atoms with Gasteiger partial charge in [0.15, 0.2) is 11.6 Å². The zero-order valence-corrected chi connectivity index (χ0v) is 19.9. The Bertz CT molecular complexity index is 1280. The number of hydrogen-bond acceptors (Lipinski definition) is 6. The van der Waals surface area contributed by atoms with E-state index in [1.54, 1.807) is 12.1 Å². The van der Waals surface area contributed by atoms with Gasteiger partial charge in [0, 0.05) is 24.6 Å². The second-order valence-corrected chi connectivity index (χ2v) is 8.73. The first-order valence-electron chi connectivity index (χ1n) is 11.3. The minimum absolute atomic E-state index is 0.0878. The van der Waals surface area contributed by atoms with Gasteiger partial charge >= 0.3 is 0 Å². The molecule has 8 heteroatoms. The van der Waals surface area contributed by atoms with E-state index in [-0.39, 0.29) is 11.9 Å². The average Bonchev–Trinajstić information content (AvgIpc) is 3.17. The second kappa shape index (κ2) is 10.2. The molecule has 4 aromatic rings. The SMILES string of the molecule is Cc1nnc2c(NCCCCCC(=O)c3ccccc3Cl)nc3cc(OC(C)C)ccc3n12. The molecule has 7 nitrogen and oxygen atoms in total. The second-order valence-electron chi connectivity index (χ2n) is 8.32. The molecule has 4 rings (SSSR count). The first-order valence-corrected chi connectivity index (χ1v) is 11.7. The summed E-state index contributed by atoms with van der Waals surface area (Å²) in [6.07, 6.45) is 3.22. The number of carbonyl (C=O) groups is 1. The maximum Gasteiger partial charge on any atom is 0.204 e. The monoisotopic (exact) mass is 465 g/mol. The molecule has 2 heterocycles. The molecule has 0 aliphatic carbocycles. The minimum Gasteiger partial charge on any atom is -0.491 e. The van der Waals surface area contributed by atoms with Crippen LogP contribution in [0.1, 0.15) is 55.7 Å². The van der Waals surface area contributed by atoms with Crippen LogP contribution < -0.4 is 10.1 Å². The number of ketones is 1. The Morgan fingerprint density at radius 3 is 2.73 bits per heavy atom. The van der Waals surface area contributed by atoms with Gasteiger partial charge in [0.1, 0.15) is 11.6 Å². The molecule has 0 amide bonds. The number of Topliss-reactive ketones (excluding diaryl/α,β-unsaturated/α-hetero) is 1. The summed E-state index contributed by atoms with van der Waals surface area (Å²) in [6.45, 7) is 6.65. The van der Waals surface area contributed by atoms with Crippen LogP contribution in [0.15, 0.2) is 42.5 Å². The van der Waals surface area contributed by atoms with Crippen molar-refractivity contribution < 1.29 is 9.53 Å². The fourth-order valence-electron chi connectivity index (χ4n) is 3.84. The number of carbonyl (C=O) groups excluding carboxylic acids is 1. The van der Waals surface area contributed by atoms with Gasteiger partial charge in [-0.1, -0.05) is 30.2 Å². The topological polar surface area (TPSA) is 81.4 Å². The summed E-state index contributed by atoms with van der Waals surface area (Å²) in [5.74, 6) is 2.36. The Labute approximate surface area is 198 Å². The van der Waals surface area contributed by atoms with Crippen LogP contribution >= 0.6 is 11.6 Å². The molecule has 33 heavy (non-hydrogen) atoms. The first kappa shape index (κ1) is 23.0. The Kier molecular flexibility index (Phi) is 7.08. The van der Waals surface area contributed by atoms with Crippen molar-refractivity contribution >= 4 is 39.9 Å². The van der Waals surface area contributed by atoms with E-state index < -0.39 is 0 Å². The molecule has 0 bridgehead atoms. The largest absolute Gasteiger partial charge is 0.491 e. The average molecular weight is 466 g/mol. The quantitative estimate of drug-likeness (QED) is 0.232. The van der Waals surface area contributed by atoms with Crippen molar-refractivity contribution in [3.05, 3.63) is 58.9 Å². The number of aryl methyl sites for hydroxylation is 1. The third kappa shape index (κ3) is 5.25. The van der Waals surface area contributed by atoms with Gasteiger partial charge < -0.3 is 10.1 Å². The molecule has 2 aromatic heterocycles. The smallest absolute Gasteiger partial charge is 0.204 e. The highest BCUT2D eigenvalue weighted by Crippen LogP contribution is 2.26. The van der Waals surface area contributed by atoms with Crippen molar-refractivity contribution in [1.29, 1.82) is 0 Å². The van der Waals surface area contributed by atoms with E-state index in [0.29, 0.717) is 28.5 Å². The third-order valence-electron chi connectivity index (χ3n) is 5.38. The normalized spacial score (nSPS) is 11.4. The highest BCUT2D eigenvalue weighted by atomic mass is 35.5. The molecule has 0 fully saturated rings. The van der Waals surface area contributed by atoms with E-state index in [2.05, 4.69) is 15.5 Å². The number of anilines is 1. The van der Waals surface area contributed by atoms with Gasteiger partial charge in [0.25, 0.3) is 0 Å². The Morgan fingerprint density at radius 1 is 1.12 bits per heavy atom. The number of hydrogen-bond donors (Lipinski definition) is 1. The summed E-state index contributed by atoms with van der Waals surface area (Å²) in [7, 11) is 0. The van der Waals surface area contributed by atoms with Gasteiger partial charge in [0.2, 0.25) is 5.65 Å². The van der Waals surface area contributed by atoms with E-state index >= 15 is 0 Å². The van der Waals surface area contributed by atoms with Gasteiger partial charge in [-0.3, -0.25) is 9.20 Å². The van der Waals surface area contributed by atoms with Crippen LogP contribution in [-0.4, -0.2) is 38.0 Å². The van der Waals surface area contributed by atoms with Gasteiger partial charge in [-0.25, -0.2) is 4.98 Å². The molecule has 0 unspecified atom stereocenters. The number of rotatable bonds is 10. The standard InChI is InChI=1S/C25H28ClN5O2/c1-16(2)33-18-12-13-22-21(15-18)28-24(25-30-29-17(3)31(22)25)27-14-8-4-5-11-23(32)19-9-6-7-10-20(19)26/h6-7,9-10,12-13,15-16H,4-5,8,11,14H2,1-3H3,(H,27,28). The van der Waals surface area contributed by atoms with Crippen LogP contribution in [0.5, 0.6) is 5.75 Å². The predicted molar refractivity (Wildman–Crippen MR) is 132 cm³/mol. The summed E-state index contributed by atoms with van der Waals surface area (Å²) in [5.41, 5.74) is 3.05. The van der Waals surface area contributed by atoms with Crippen molar-refractivity contribution in [3.8, 4) is 5.75 Å². The molecule has 0 saturated heterocycles. The first-order chi connectivity index (χ1) is 15.9. The molecule has 1 N–H and O–H groups in total. The molecule has 0 atom stereocenters. The summed E-state index contributed by atoms with van der Waals surface area (Å²) in [5, 5.41) is 12.5. The maximum absolute atomic E-state index is 12.3. The zero-order chi connectivity index (χ0) is 23.4. The van der Waals surface area contributed by atoms with Crippen LogP contribution in [0.25, 0.3) is 16.7 Å². The highest BCUT2D eigenvalue weighted by molar-refractivity contribution is 6.33. The van der Waals surface area contributed by atoms with Crippen LogP contribution in [-0.2, 0) is 0 Å². The summed E-state index contributed by atoms with van der Waals surface area (Å²) >= 11 is 6.12. The molecular formula is C25H28ClN5O2. The summed E-state index contributed by atoms with van der Waals surface area (Å²) < 4.78 is 7.84. The predicted octanol–water partition coefficient (Wildman–Crippen LogP) is 5.88. The van der Waals surface area contributed by atoms with Crippen LogP contribution in [0, 0.1) is 6.92 Å². The molecule has 0 aliphatic heterocycles. The fraction of sp³-hybridized carbons (Fsp3) is 0.360. The van der Waals surface area contributed by atoms with Crippen molar-refractivity contribution in [1.82, 2.24) is 19.6 Å². The zero-order valence-electron chi connectivity index (χ0n) is 19.1. The number of unbranched alkanes of at least 4 members (excludes halogenated alkanes) is 2. The number of aromatic nitrogens is 4. The Morgan fingerprint density at radius 2 is 1.94 bits per heavy atom. The van der Waals surface area contributed by atoms with E-state index in [1.165, 1.54) is 0 Å². The van der Waals surface area contributed by atoms with Gasteiger partial charge in [0.05, 0.1) is 22.2 Å². The molecular weight excluding hydrogens is 438 g/mol. The fourth-order valence-corrected chi connectivity index (χ4v) is 4.08. The Balaban J connectivity index is 1.39. The number of ether oxygens (including phenoxy) is 1. The van der Waals surface area contributed by atoms with Crippen LogP contribution in [0.2, 0.25) is 5.02 Å². The van der Waals surface area contributed by atoms with E-state index in [9.17, 15) is 4.79 Å². The minimum atomic E-state index is 0.0878. The number of benzene rings is 2. The molecule has 0 aliphatic rings. The van der Waals surface area contributed by atoms with Crippen molar-refractivity contribution in [2.24, 2.45) is 0 Å². The van der Waals surface area contributed by atoms with Gasteiger partial charge in [-0.15, -0.1) is 10.2 Å². The van der Waals surface area contributed by atoms with Crippen LogP contribution in [0.3, 0.4) is 0 Å². The van der Waals surface area contributed by atoms with Crippen molar-refractivity contribution in [2.75, 3.05) is 11.9 Å². The lowest BCUT2D eigenvalue weighted by Gasteiger charge is -2.13. The summed E-state index contributed by atoms with van der Waals surface area (Å²) in [6, 6.07) is 13.1. The lowest BCUT2D eigenvalue weighted by molar-refractivity contribution is 0.0979. The molecule has 0 spiro atoms. The molecule has 0 saturated carbocycles. The molecule has 2 aromatic carbocycles. The number of nitrogens with zero attached hydrogens (tertiary/aromatic N) is 4. The van der Waals surface area contributed by atoms with Crippen molar-refractivity contribution in [2.45, 2.75) is 52.6 Å². The van der Waals surface area contributed by atoms with Crippen LogP contribution in [0.4, 0.5) is 5.82 Å². The van der Waals surface area contributed by atoms with E-state index in [4.69, 9.17) is 21.3 Å². The number of halogens is 1. The van der Waals surface area contributed by atoms with Crippen molar-refractivity contribution in [3.63, 3.8) is 0 Å².